The van der Waals surface area contributed by atoms with Crippen LogP contribution >= 0.6 is 0 Å². The van der Waals surface area contributed by atoms with E-state index in [0.717, 1.165) is 23.9 Å². The average molecular weight is 349 g/mol. The van der Waals surface area contributed by atoms with Crippen molar-refractivity contribution in [2.24, 2.45) is 5.10 Å². The zero-order valence-corrected chi connectivity index (χ0v) is 13.7. The maximum atomic E-state index is 12.3. The number of hydrogen-bond donors (Lipinski definition) is 2. The number of sulfonamides is 1. The number of benzene rings is 2. The standard InChI is InChI=1S/C15H15N3O5S/c1-10-3-4-11(2)15(7-10)24(22,23)17-16-9-12-5-6-14(19)13(8-12)18(20)21/h3-9,17,19H,1-2H3/b16-9-. The van der Waals surface area contributed by atoms with E-state index in [4.69, 9.17) is 0 Å². The molecule has 2 aromatic carbocycles. The molecular weight excluding hydrogens is 334 g/mol. The van der Waals surface area contributed by atoms with E-state index in [9.17, 15) is 23.6 Å². The van der Waals surface area contributed by atoms with Crippen LogP contribution in [0.1, 0.15) is 16.7 Å². The lowest BCUT2D eigenvalue weighted by atomic mass is 10.2. The Labute approximate surface area is 138 Å². The number of aryl methyl sites for hydroxylation is 2. The zero-order valence-electron chi connectivity index (χ0n) is 12.9. The van der Waals surface area contributed by atoms with Gasteiger partial charge < -0.3 is 5.11 Å². The topological polar surface area (TPSA) is 122 Å². The van der Waals surface area contributed by atoms with Crippen LogP contribution in [0.15, 0.2) is 46.4 Å². The zero-order chi connectivity index (χ0) is 17.9. The number of hydrazone groups is 1. The summed E-state index contributed by atoms with van der Waals surface area (Å²) < 4.78 is 24.5. The maximum Gasteiger partial charge on any atom is 0.311 e. The minimum Gasteiger partial charge on any atom is -0.502 e. The van der Waals surface area contributed by atoms with Gasteiger partial charge in [0.1, 0.15) is 0 Å². The van der Waals surface area contributed by atoms with E-state index in [1.807, 2.05) is 0 Å². The van der Waals surface area contributed by atoms with Gasteiger partial charge >= 0.3 is 5.69 Å². The minimum absolute atomic E-state index is 0.108. The first-order valence-electron chi connectivity index (χ1n) is 6.80. The van der Waals surface area contributed by atoms with Gasteiger partial charge in [-0.1, -0.05) is 12.1 Å². The fourth-order valence-corrected chi connectivity index (χ4v) is 3.11. The second kappa shape index (κ2) is 6.67. The number of aromatic hydroxyl groups is 1. The van der Waals surface area contributed by atoms with Crippen LogP contribution in [0.3, 0.4) is 0 Å². The predicted octanol–water partition coefficient (Wildman–Crippen LogP) is 2.23. The van der Waals surface area contributed by atoms with Crippen LogP contribution in [0.2, 0.25) is 0 Å². The number of hydrogen-bond acceptors (Lipinski definition) is 6. The fraction of sp³-hybridized carbons (Fsp3) is 0.133. The van der Waals surface area contributed by atoms with Crippen molar-refractivity contribution >= 4 is 21.9 Å². The van der Waals surface area contributed by atoms with E-state index in [2.05, 4.69) is 9.93 Å². The lowest BCUT2D eigenvalue weighted by Gasteiger charge is -2.07. The SMILES string of the molecule is Cc1ccc(C)c(S(=O)(=O)N/N=C\c2ccc(O)c([N+](=O)[O-])c2)c1. The largest absolute Gasteiger partial charge is 0.502 e. The predicted molar refractivity (Wildman–Crippen MR) is 88.6 cm³/mol. The van der Waals surface area contributed by atoms with Crippen molar-refractivity contribution in [3.8, 4) is 5.75 Å². The van der Waals surface area contributed by atoms with E-state index in [-0.39, 0.29) is 10.5 Å². The molecule has 8 nitrogen and oxygen atoms in total. The molecule has 0 heterocycles. The number of nitrogens with one attached hydrogen (secondary N) is 1. The van der Waals surface area contributed by atoms with Crippen molar-refractivity contribution in [1.29, 1.82) is 0 Å². The second-order valence-corrected chi connectivity index (χ2v) is 6.76. The molecule has 0 amide bonds. The summed E-state index contributed by atoms with van der Waals surface area (Å²) in [5, 5.41) is 23.7. The number of phenolic OH excluding ortho intramolecular Hbond substituents is 1. The number of phenols is 1. The Bertz CT molecular complexity index is 923. The van der Waals surface area contributed by atoms with Crippen LogP contribution in [-0.2, 0) is 10.0 Å². The van der Waals surface area contributed by atoms with Gasteiger partial charge in [-0.2, -0.15) is 13.5 Å². The molecule has 0 unspecified atom stereocenters. The van der Waals surface area contributed by atoms with Crippen LogP contribution in [-0.4, -0.2) is 24.7 Å². The molecule has 2 aromatic rings. The van der Waals surface area contributed by atoms with Crippen LogP contribution in [0.4, 0.5) is 5.69 Å². The molecule has 0 saturated carbocycles. The molecule has 0 spiro atoms. The van der Waals surface area contributed by atoms with Gasteiger partial charge in [-0.05, 0) is 43.2 Å². The Morgan fingerprint density at radius 2 is 1.92 bits per heavy atom. The molecule has 0 saturated heterocycles. The number of nitrogens with zero attached hydrogens (tertiary/aromatic N) is 2. The van der Waals surface area contributed by atoms with Crippen LogP contribution < -0.4 is 4.83 Å². The summed E-state index contributed by atoms with van der Waals surface area (Å²) in [6, 6.07) is 8.62. The summed E-state index contributed by atoms with van der Waals surface area (Å²) in [5.74, 6) is -0.479. The molecule has 2 rings (SSSR count). The molecule has 0 aliphatic heterocycles. The van der Waals surface area contributed by atoms with Gasteiger partial charge in [0.05, 0.1) is 16.0 Å². The molecule has 9 heteroatoms. The molecule has 0 atom stereocenters. The van der Waals surface area contributed by atoms with Crippen LogP contribution in [0, 0.1) is 24.0 Å². The van der Waals surface area contributed by atoms with E-state index in [0.29, 0.717) is 5.56 Å². The first-order valence-corrected chi connectivity index (χ1v) is 8.28. The van der Waals surface area contributed by atoms with Gasteiger partial charge in [-0.25, -0.2) is 4.83 Å². The average Bonchev–Trinajstić information content (AvgIpc) is 2.50. The lowest BCUT2D eigenvalue weighted by molar-refractivity contribution is -0.385. The third-order valence-electron chi connectivity index (χ3n) is 3.22. The molecule has 0 radical (unpaired) electrons. The molecule has 0 aromatic heterocycles. The fourth-order valence-electron chi connectivity index (χ4n) is 1.98. The van der Waals surface area contributed by atoms with Gasteiger partial charge in [-0.3, -0.25) is 10.1 Å². The highest BCUT2D eigenvalue weighted by atomic mass is 32.2. The number of nitro benzene ring substituents is 1. The maximum absolute atomic E-state index is 12.3. The van der Waals surface area contributed by atoms with E-state index in [1.54, 1.807) is 26.0 Å². The smallest absolute Gasteiger partial charge is 0.311 e. The Morgan fingerprint density at radius 1 is 1.21 bits per heavy atom. The Morgan fingerprint density at radius 3 is 2.58 bits per heavy atom. The second-order valence-electron chi connectivity index (χ2n) is 5.13. The summed E-state index contributed by atoms with van der Waals surface area (Å²) >= 11 is 0. The third-order valence-corrected chi connectivity index (χ3v) is 4.58. The summed E-state index contributed by atoms with van der Waals surface area (Å²) in [5.41, 5.74) is 1.14. The quantitative estimate of drug-likeness (QED) is 0.487. The minimum atomic E-state index is -3.85. The van der Waals surface area contributed by atoms with Gasteiger partial charge in [0.2, 0.25) is 0 Å². The van der Waals surface area contributed by atoms with Crippen molar-refractivity contribution in [3.05, 3.63) is 63.2 Å². The third kappa shape index (κ3) is 3.87. The lowest BCUT2D eigenvalue weighted by Crippen LogP contribution is -2.19. The summed E-state index contributed by atoms with van der Waals surface area (Å²) in [4.78, 5) is 12.2. The van der Waals surface area contributed by atoms with Gasteiger partial charge in [0, 0.05) is 11.6 Å². The van der Waals surface area contributed by atoms with Crippen molar-refractivity contribution < 1.29 is 18.4 Å². The molecule has 0 bridgehead atoms. The first-order chi connectivity index (χ1) is 11.2. The monoisotopic (exact) mass is 349 g/mol. The molecule has 126 valence electrons. The normalized spacial score (nSPS) is 11.6. The van der Waals surface area contributed by atoms with Crippen molar-refractivity contribution in [3.63, 3.8) is 0 Å². The Hall–Kier alpha value is -2.94. The first kappa shape index (κ1) is 17.4. The highest BCUT2D eigenvalue weighted by molar-refractivity contribution is 7.89. The van der Waals surface area contributed by atoms with Crippen molar-refractivity contribution in [2.45, 2.75) is 18.7 Å². The molecular formula is C15H15N3O5S. The van der Waals surface area contributed by atoms with Gasteiger partial charge in [-0.15, -0.1) is 0 Å². The Balaban J connectivity index is 2.23. The van der Waals surface area contributed by atoms with E-state index < -0.39 is 26.4 Å². The van der Waals surface area contributed by atoms with Crippen LogP contribution in [0.25, 0.3) is 0 Å². The summed E-state index contributed by atoms with van der Waals surface area (Å²) in [6.07, 6.45) is 1.12. The van der Waals surface area contributed by atoms with E-state index in [1.165, 1.54) is 12.1 Å². The molecule has 24 heavy (non-hydrogen) atoms. The highest BCUT2D eigenvalue weighted by Crippen LogP contribution is 2.25. The van der Waals surface area contributed by atoms with Gasteiger partial charge in [0.15, 0.2) is 5.75 Å². The summed E-state index contributed by atoms with van der Waals surface area (Å²) in [7, 11) is -3.85. The molecule has 0 aliphatic carbocycles. The molecule has 0 fully saturated rings. The highest BCUT2D eigenvalue weighted by Gasteiger charge is 2.16. The van der Waals surface area contributed by atoms with Crippen molar-refractivity contribution in [2.75, 3.05) is 0 Å². The Kier molecular flexibility index (Phi) is 4.84. The molecule has 0 aliphatic rings. The number of nitro groups is 1. The van der Waals surface area contributed by atoms with E-state index >= 15 is 0 Å². The van der Waals surface area contributed by atoms with Crippen LogP contribution in [0.5, 0.6) is 5.75 Å². The van der Waals surface area contributed by atoms with Gasteiger partial charge in [0.25, 0.3) is 10.0 Å². The number of rotatable bonds is 5. The molecule has 2 N–H and O–H groups in total. The summed E-state index contributed by atoms with van der Waals surface area (Å²) in [6.45, 7) is 3.44. The van der Waals surface area contributed by atoms with Crippen molar-refractivity contribution in [1.82, 2.24) is 4.83 Å².